The Morgan fingerprint density at radius 3 is 2.39 bits per heavy atom. The molecule has 3 aromatic rings. The van der Waals surface area contributed by atoms with Crippen LogP contribution >= 0.6 is 0 Å². The topological polar surface area (TPSA) is 66.0 Å². The molecule has 3 aromatic carbocycles. The molecule has 1 N–H and O–H groups in total. The lowest BCUT2D eigenvalue weighted by Gasteiger charge is -2.15. The maximum Gasteiger partial charge on any atom is 0.244 e. The molecule has 0 atom stereocenters. The molecule has 6 heteroatoms. The van der Waals surface area contributed by atoms with Gasteiger partial charge < -0.3 is 24.3 Å². The van der Waals surface area contributed by atoms with E-state index in [0.29, 0.717) is 49.2 Å². The van der Waals surface area contributed by atoms with Gasteiger partial charge in [-0.15, -0.1) is 0 Å². The third-order valence-corrected chi connectivity index (χ3v) is 6.86. The van der Waals surface area contributed by atoms with Gasteiger partial charge in [0.25, 0.3) is 0 Å². The average Bonchev–Trinajstić information content (AvgIpc) is 3.02. The van der Waals surface area contributed by atoms with Gasteiger partial charge in [0.15, 0.2) is 23.0 Å². The second-order valence-electron chi connectivity index (χ2n) is 9.74. The van der Waals surface area contributed by atoms with Crippen molar-refractivity contribution < 1.29 is 25.2 Å². The van der Waals surface area contributed by atoms with Crippen LogP contribution in [0.3, 0.4) is 0 Å². The number of ether oxygens (including phenoxy) is 4. The minimum atomic E-state index is -0.156. The van der Waals surface area contributed by atoms with Crippen LogP contribution < -0.4 is 24.3 Å². The summed E-state index contributed by atoms with van der Waals surface area (Å²) in [5.74, 6) is 2.56. The van der Waals surface area contributed by atoms with Crippen molar-refractivity contribution in [1.29, 1.82) is 0 Å². The average molecular weight is 556 g/mol. The number of carbonyl (C=O) groups is 1. The Bertz CT molecular complexity index is 1400. The monoisotopic (exact) mass is 555 g/mol. The van der Waals surface area contributed by atoms with Crippen molar-refractivity contribution >= 4 is 12.0 Å². The third kappa shape index (κ3) is 8.77. The molecule has 6 nitrogen and oxygen atoms in total. The quantitative estimate of drug-likeness (QED) is 0.215. The summed E-state index contributed by atoms with van der Waals surface area (Å²) < 4.78 is 23.2. The lowest BCUT2D eigenvalue weighted by Crippen LogP contribution is -2.23. The van der Waals surface area contributed by atoms with E-state index in [1.165, 1.54) is 0 Å². The van der Waals surface area contributed by atoms with E-state index < -0.39 is 0 Å². The molecule has 0 aliphatic heterocycles. The van der Waals surface area contributed by atoms with Crippen LogP contribution in [-0.4, -0.2) is 33.3 Å². The van der Waals surface area contributed by atoms with Crippen molar-refractivity contribution in [2.75, 3.05) is 27.4 Å². The van der Waals surface area contributed by atoms with E-state index in [9.17, 15) is 4.79 Å². The van der Waals surface area contributed by atoms with Crippen LogP contribution in [0.2, 0.25) is 0 Å². The lowest BCUT2D eigenvalue weighted by atomic mass is 10.0. The van der Waals surface area contributed by atoms with E-state index in [1.54, 1.807) is 20.3 Å². The molecule has 216 valence electrons. The number of methoxy groups -OCH3 is 2. The predicted molar refractivity (Wildman–Crippen MR) is 166 cm³/mol. The fourth-order valence-electron chi connectivity index (χ4n) is 4.57. The van der Waals surface area contributed by atoms with E-state index in [-0.39, 0.29) is 7.33 Å². The first-order valence-electron chi connectivity index (χ1n) is 14.1. The lowest BCUT2D eigenvalue weighted by molar-refractivity contribution is -0.116. The van der Waals surface area contributed by atoms with Crippen molar-refractivity contribution in [3.8, 4) is 23.0 Å². The van der Waals surface area contributed by atoms with Gasteiger partial charge in [0.1, 0.15) is 13.2 Å². The molecular formula is C35H41NO5. The molecular weight excluding hydrogens is 514 g/mol. The number of carbonyl (C=O) groups excluding carboxylic acids is 1. The minimum absolute atomic E-state index is 0. The first-order valence-corrected chi connectivity index (χ1v) is 14.1. The number of rotatable bonds is 14. The number of amides is 1. The first kappa shape index (κ1) is 29.5. The van der Waals surface area contributed by atoms with E-state index in [4.69, 9.17) is 18.9 Å². The Morgan fingerprint density at radius 2 is 1.66 bits per heavy atom. The van der Waals surface area contributed by atoms with Crippen LogP contribution in [0.1, 0.15) is 43.4 Å². The van der Waals surface area contributed by atoms with Gasteiger partial charge in [-0.25, -0.2) is 0 Å². The standard InChI is InChI=1S/C35H39NO5.H2/c1-4-29-22-32(39-3)34(41-25-28-13-9-6-10-14-28)23-30(29)16-18-35(37)36-20-19-26-15-17-31(38-2)33(21-26)40-24-27-11-7-5-8-12-27;/h5,7-9,11-18,21-23H,4,6,10,19-20,24-25H2,1-3H3,(H,36,37);1H/b18-16+;. The largest absolute Gasteiger partial charge is 0.493 e. The highest BCUT2D eigenvalue weighted by molar-refractivity contribution is 5.92. The van der Waals surface area contributed by atoms with Crippen molar-refractivity contribution in [3.63, 3.8) is 0 Å². The van der Waals surface area contributed by atoms with E-state index in [2.05, 4.69) is 30.5 Å². The molecule has 0 spiro atoms. The molecule has 0 saturated carbocycles. The number of nitrogens with one attached hydrogen (secondary N) is 1. The Kier molecular flexibility index (Phi) is 11.1. The summed E-state index contributed by atoms with van der Waals surface area (Å²) in [6, 6.07) is 19.8. The second kappa shape index (κ2) is 15.4. The van der Waals surface area contributed by atoms with Crippen molar-refractivity contribution in [2.24, 2.45) is 0 Å². The fraction of sp³-hybridized carbons (Fsp3) is 0.286. The Balaban J connectivity index is 0.00000484. The van der Waals surface area contributed by atoms with Gasteiger partial charge in [-0.1, -0.05) is 61.5 Å². The first-order chi connectivity index (χ1) is 20.1. The van der Waals surface area contributed by atoms with Crippen molar-refractivity contribution in [2.45, 2.75) is 39.2 Å². The Morgan fingerprint density at radius 1 is 0.878 bits per heavy atom. The summed E-state index contributed by atoms with van der Waals surface area (Å²) in [5, 5.41) is 2.98. The summed E-state index contributed by atoms with van der Waals surface area (Å²) in [7, 11) is 3.27. The van der Waals surface area contributed by atoms with Crippen LogP contribution in [0.5, 0.6) is 23.0 Å². The summed E-state index contributed by atoms with van der Waals surface area (Å²) in [4.78, 5) is 12.7. The summed E-state index contributed by atoms with van der Waals surface area (Å²) in [6.45, 7) is 3.51. The molecule has 1 amide bonds. The SMILES string of the molecule is CCc1cc(OC)c(OCC2=CCCC=C2)cc1/C=C/C(=O)NCCc1ccc(OC)c(OCc2ccccc2)c1.[HH]. The van der Waals surface area contributed by atoms with E-state index >= 15 is 0 Å². The maximum absolute atomic E-state index is 12.7. The summed E-state index contributed by atoms with van der Waals surface area (Å²) in [5.41, 5.74) is 5.30. The van der Waals surface area contributed by atoms with Gasteiger partial charge in [0, 0.05) is 14.0 Å². The predicted octanol–water partition coefficient (Wildman–Crippen LogP) is 7.12. The molecule has 0 heterocycles. The van der Waals surface area contributed by atoms with Gasteiger partial charge in [-0.2, -0.15) is 0 Å². The van der Waals surface area contributed by atoms with Crippen LogP contribution in [0.15, 0.2) is 90.5 Å². The normalized spacial score (nSPS) is 12.6. The highest BCUT2D eigenvalue weighted by Crippen LogP contribution is 2.33. The smallest absolute Gasteiger partial charge is 0.244 e. The van der Waals surface area contributed by atoms with Crippen molar-refractivity contribution in [1.82, 2.24) is 5.32 Å². The molecule has 0 radical (unpaired) electrons. The maximum atomic E-state index is 12.7. The van der Waals surface area contributed by atoms with Gasteiger partial charge in [0.05, 0.1) is 14.2 Å². The summed E-state index contributed by atoms with van der Waals surface area (Å²) >= 11 is 0. The number of allylic oxidation sites excluding steroid dienone is 2. The van der Waals surface area contributed by atoms with Crippen LogP contribution in [-0.2, 0) is 24.2 Å². The molecule has 0 fully saturated rings. The minimum Gasteiger partial charge on any atom is -0.493 e. The molecule has 41 heavy (non-hydrogen) atoms. The van der Waals surface area contributed by atoms with Gasteiger partial charge in [-0.3, -0.25) is 4.79 Å². The van der Waals surface area contributed by atoms with Crippen molar-refractivity contribution in [3.05, 3.63) is 113 Å². The van der Waals surface area contributed by atoms with Crippen LogP contribution in [0.25, 0.3) is 6.08 Å². The van der Waals surface area contributed by atoms with Gasteiger partial charge >= 0.3 is 0 Å². The molecule has 0 saturated heterocycles. The highest BCUT2D eigenvalue weighted by atomic mass is 16.5. The molecule has 0 unspecified atom stereocenters. The van der Waals surface area contributed by atoms with Gasteiger partial charge in [0.2, 0.25) is 5.91 Å². The zero-order chi connectivity index (χ0) is 28.9. The number of aryl methyl sites for hydroxylation is 1. The zero-order valence-electron chi connectivity index (χ0n) is 24.2. The second-order valence-corrected chi connectivity index (χ2v) is 9.74. The fourth-order valence-corrected chi connectivity index (χ4v) is 4.57. The van der Waals surface area contributed by atoms with E-state index in [0.717, 1.165) is 47.1 Å². The van der Waals surface area contributed by atoms with Crippen LogP contribution in [0.4, 0.5) is 0 Å². The number of benzene rings is 3. The van der Waals surface area contributed by atoms with E-state index in [1.807, 2.05) is 66.7 Å². The molecule has 1 aliphatic rings. The van der Waals surface area contributed by atoms with Crippen LogP contribution in [0, 0.1) is 0 Å². The highest BCUT2D eigenvalue weighted by Gasteiger charge is 2.11. The summed E-state index contributed by atoms with van der Waals surface area (Å²) in [6.07, 6.45) is 13.4. The number of hydrogen-bond donors (Lipinski definition) is 1. The molecule has 0 aromatic heterocycles. The number of hydrogen-bond acceptors (Lipinski definition) is 5. The third-order valence-electron chi connectivity index (χ3n) is 6.86. The molecule has 1 aliphatic carbocycles. The molecule has 4 rings (SSSR count). The Hall–Kier alpha value is -4.45. The Labute approximate surface area is 244 Å². The van der Waals surface area contributed by atoms with Gasteiger partial charge in [-0.05, 0) is 83.9 Å². The molecule has 0 bridgehead atoms. The zero-order valence-corrected chi connectivity index (χ0v) is 24.2.